The molecule has 0 radical (unpaired) electrons. The van der Waals surface area contributed by atoms with Crippen molar-refractivity contribution in [1.29, 1.82) is 0 Å². The molecule has 2 fully saturated rings. The number of ether oxygens (including phenoxy) is 1. The maximum atomic E-state index is 13.3. The first-order valence-electron chi connectivity index (χ1n) is 12.3. The molecule has 0 bridgehead atoms. The van der Waals surface area contributed by atoms with Gasteiger partial charge in [0.15, 0.2) is 5.69 Å². The van der Waals surface area contributed by atoms with E-state index in [0.717, 1.165) is 12.8 Å². The minimum atomic E-state index is -0.697. The smallest absolute Gasteiger partial charge is 0.330 e. The molecule has 0 spiro atoms. The van der Waals surface area contributed by atoms with Crippen molar-refractivity contribution in [3.05, 3.63) is 20.8 Å². The molecular weight excluding hydrogens is 454 g/mol. The van der Waals surface area contributed by atoms with Crippen LogP contribution >= 0.6 is 0 Å². The number of hydrogen-bond acceptors (Lipinski definition) is 8. The Labute approximate surface area is 205 Å². The number of rotatable bonds is 11. The summed E-state index contributed by atoms with van der Waals surface area (Å²) < 4.78 is 6.45. The van der Waals surface area contributed by atoms with Crippen LogP contribution in [-0.2, 0) is 20.9 Å². The van der Waals surface area contributed by atoms with Gasteiger partial charge in [-0.15, -0.1) is 0 Å². The fourth-order valence-electron chi connectivity index (χ4n) is 4.23. The van der Waals surface area contributed by atoms with Gasteiger partial charge in [0.05, 0.1) is 19.2 Å². The number of hydrogen-bond donors (Lipinski definition) is 3. The van der Waals surface area contributed by atoms with E-state index in [-0.39, 0.29) is 55.0 Å². The van der Waals surface area contributed by atoms with Crippen molar-refractivity contribution in [3.8, 4) is 0 Å². The van der Waals surface area contributed by atoms with Crippen molar-refractivity contribution in [1.82, 2.24) is 24.7 Å². The average molecular weight is 494 g/mol. The molecule has 1 aromatic rings. The molecule has 2 aliphatic rings. The van der Waals surface area contributed by atoms with Crippen LogP contribution < -0.4 is 27.2 Å². The van der Waals surface area contributed by atoms with Crippen LogP contribution in [0.25, 0.3) is 0 Å². The Hall–Kier alpha value is -2.70. The lowest BCUT2D eigenvalue weighted by Crippen LogP contribution is -2.56. The summed E-state index contributed by atoms with van der Waals surface area (Å²) in [6.45, 7) is 9.05. The van der Waals surface area contributed by atoms with E-state index >= 15 is 0 Å². The highest BCUT2D eigenvalue weighted by Crippen LogP contribution is 2.20. The van der Waals surface area contributed by atoms with Gasteiger partial charge in [-0.3, -0.25) is 33.7 Å². The van der Waals surface area contributed by atoms with Crippen LogP contribution in [0.2, 0.25) is 0 Å². The minimum absolute atomic E-state index is 0.0303. The van der Waals surface area contributed by atoms with Gasteiger partial charge in [-0.25, -0.2) is 4.79 Å². The highest BCUT2D eigenvalue weighted by molar-refractivity contribution is 5.96. The highest BCUT2D eigenvalue weighted by atomic mass is 16.5. The van der Waals surface area contributed by atoms with E-state index in [9.17, 15) is 19.2 Å². The van der Waals surface area contributed by atoms with Gasteiger partial charge in [-0.1, -0.05) is 13.8 Å². The molecule has 2 heterocycles. The molecular formula is C23H39N7O5. The third-order valence-corrected chi connectivity index (χ3v) is 6.47. The summed E-state index contributed by atoms with van der Waals surface area (Å²) in [6.07, 6.45) is 2.10. The number of aromatic nitrogens is 2. The maximum absolute atomic E-state index is 13.3. The van der Waals surface area contributed by atoms with Gasteiger partial charge in [0.2, 0.25) is 11.8 Å². The Bertz CT molecular complexity index is 1010. The molecule has 3 rings (SSSR count). The zero-order valence-electron chi connectivity index (χ0n) is 21.2. The van der Waals surface area contributed by atoms with E-state index in [2.05, 4.69) is 15.2 Å². The number of carbonyl (C=O) groups is 2. The standard InChI is InChI=1S/C23H39N7O5/c1-15(2)13-30-20(24)19(22(33)26-23(30)34)29(11-12-35-4)18(31)14-27-7-9-28(10-8-27)16(3)21(32)25-17-5-6-17/h15-17H,5-14,24H2,1-4H3,(H,25,32)(H,26,33,34). The van der Waals surface area contributed by atoms with E-state index in [0.29, 0.717) is 38.8 Å². The topological polar surface area (TPSA) is 146 Å². The van der Waals surface area contributed by atoms with E-state index in [1.807, 2.05) is 25.7 Å². The van der Waals surface area contributed by atoms with E-state index in [1.54, 1.807) is 0 Å². The van der Waals surface area contributed by atoms with E-state index in [4.69, 9.17) is 10.5 Å². The Morgan fingerprint density at radius 1 is 1.17 bits per heavy atom. The van der Waals surface area contributed by atoms with Crippen LogP contribution in [-0.4, -0.2) is 96.2 Å². The molecule has 196 valence electrons. The molecule has 1 aliphatic carbocycles. The van der Waals surface area contributed by atoms with Crippen molar-refractivity contribution in [3.63, 3.8) is 0 Å². The van der Waals surface area contributed by atoms with Gasteiger partial charge < -0.3 is 20.7 Å². The van der Waals surface area contributed by atoms with Crippen LogP contribution in [0, 0.1) is 5.92 Å². The van der Waals surface area contributed by atoms with Crippen LogP contribution in [0.1, 0.15) is 33.6 Å². The molecule has 12 heteroatoms. The first kappa shape index (κ1) is 26.9. The molecule has 4 N–H and O–H groups in total. The molecule has 1 saturated carbocycles. The second-order valence-electron chi connectivity index (χ2n) is 9.81. The fourth-order valence-corrected chi connectivity index (χ4v) is 4.23. The molecule has 2 amide bonds. The summed E-state index contributed by atoms with van der Waals surface area (Å²) >= 11 is 0. The monoisotopic (exact) mass is 493 g/mol. The third kappa shape index (κ3) is 6.92. The van der Waals surface area contributed by atoms with E-state index < -0.39 is 11.2 Å². The van der Waals surface area contributed by atoms with Gasteiger partial charge in [0.1, 0.15) is 5.82 Å². The number of nitrogen functional groups attached to an aromatic ring is 1. The second-order valence-corrected chi connectivity index (χ2v) is 9.81. The number of nitrogens with two attached hydrogens (primary N) is 1. The lowest BCUT2D eigenvalue weighted by molar-refractivity contribution is -0.127. The van der Waals surface area contributed by atoms with Gasteiger partial charge in [0.25, 0.3) is 5.56 Å². The van der Waals surface area contributed by atoms with Crippen LogP contribution in [0.15, 0.2) is 9.59 Å². The number of aromatic amines is 1. The first-order chi connectivity index (χ1) is 16.6. The SMILES string of the molecule is COCCN(C(=O)CN1CCN(C(C)C(=O)NC2CC2)CC1)c1c(N)n(CC(C)C)c(=O)[nH]c1=O. The zero-order chi connectivity index (χ0) is 25.7. The summed E-state index contributed by atoms with van der Waals surface area (Å²) in [5.41, 5.74) is 4.92. The van der Waals surface area contributed by atoms with Crippen LogP contribution in [0.3, 0.4) is 0 Å². The van der Waals surface area contributed by atoms with Crippen LogP contribution in [0.5, 0.6) is 0 Å². The summed E-state index contributed by atoms with van der Waals surface area (Å²) in [6, 6.07) is 0.111. The molecule has 1 atom stereocenters. The number of methoxy groups -OCH3 is 1. The van der Waals surface area contributed by atoms with Crippen molar-refractivity contribution in [2.24, 2.45) is 5.92 Å². The number of amides is 2. The average Bonchev–Trinajstić information content (AvgIpc) is 3.62. The normalized spacial score (nSPS) is 18.0. The number of nitrogens with zero attached hydrogens (tertiary/aromatic N) is 4. The Balaban J connectivity index is 1.69. The van der Waals surface area contributed by atoms with Crippen molar-refractivity contribution >= 4 is 23.3 Å². The molecule has 12 nitrogen and oxygen atoms in total. The first-order valence-corrected chi connectivity index (χ1v) is 12.3. The minimum Gasteiger partial charge on any atom is -0.383 e. The third-order valence-electron chi connectivity index (χ3n) is 6.47. The number of H-pyrrole nitrogens is 1. The van der Waals surface area contributed by atoms with E-state index in [1.165, 1.54) is 16.6 Å². The fraction of sp³-hybridized carbons (Fsp3) is 0.739. The van der Waals surface area contributed by atoms with Crippen molar-refractivity contribution in [2.45, 2.75) is 52.2 Å². The van der Waals surface area contributed by atoms with Gasteiger partial charge in [-0.2, -0.15) is 0 Å². The number of carbonyl (C=O) groups excluding carboxylic acids is 2. The lowest BCUT2D eigenvalue weighted by atomic mass is 10.2. The van der Waals surface area contributed by atoms with Crippen molar-refractivity contribution < 1.29 is 14.3 Å². The predicted octanol–water partition coefficient (Wildman–Crippen LogP) is -0.961. The van der Waals surface area contributed by atoms with Crippen LogP contribution in [0.4, 0.5) is 11.5 Å². The van der Waals surface area contributed by atoms with Gasteiger partial charge in [-0.05, 0) is 25.7 Å². The predicted molar refractivity (Wildman–Crippen MR) is 133 cm³/mol. The maximum Gasteiger partial charge on any atom is 0.330 e. The molecule has 1 saturated heterocycles. The van der Waals surface area contributed by atoms with Gasteiger partial charge >= 0.3 is 5.69 Å². The summed E-state index contributed by atoms with van der Waals surface area (Å²) in [4.78, 5) is 58.5. The summed E-state index contributed by atoms with van der Waals surface area (Å²) in [5.74, 6) is -0.171. The number of nitrogens with one attached hydrogen (secondary N) is 2. The quantitative estimate of drug-likeness (QED) is 0.357. The number of anilines is 2. The lowest BCUT2D eigenvalue weighted by Gasteiger charge is -2.37. The van der Waals surface area contributed by atoms with Crippen molar-refractivity contribution in [2.75, 3.05) is 63.6 Å². The second kappa shape index (κ2) is 11.8. The molecule has 1 aromatic heterocycles. The molecule has 0 aromatic carbocycles. The molecule has 1 aliphatic heterocycles. The summed E-state index contributed by atoms with van der Waals surface area (Å²) in [5, 5.41) is 3.04. The highest BCUT2D eigenvalue weighted by Gasteiger charge is 2.31. The Morgan fingerprint density at radius 3 is 2.40 bits per heavy atom. The molecule has 35 heavy (non-hydrogen) atoms. The summed E-state index contributed by atoms with van der Waals surface area (Å²) in [7, 11) is 1.51. The Kier molecular flexibility index (Phi) is 9.09. The molecule has 1 unspecified atom stereocenters. The largest absolute Gasteiger partial charge is 0.383 e. The zero-order valence-corrected chi connectivity index (χ0v) is 21.2. The number of piperazine rings is 1. The van der Waals surface area contributed by atoms with Gasteiger partial charge in [0, 0.05) is 52.4 Å². The Morgan fingerprint density at radius 2 is 1.83 bits per heavy atom.